The van der Waals surface area contributed by atoms with E-state index in [1.807, 2.05) is 13.8 Å². The van der Waals surface area contributed by atoms with E-state index in [1.54, 1.807) is 37.0 Å². The smallest absolute Gasteiger partial charge is 0.340 e. The molecule has 0 unspecified atom stereocenters. The van der Waals surface area contributed by atoms with E-state index in [4.69, 9.17) is 4.74 Å². The summed E-state index contributed by atoms with van der Waals surface area (Å²) in [5, 5.41) is 10.8. The van der Waals surface area contributed by atoms with E-state index >= 15 is 0 Å². The summed E-state index contributed by atoms with van der Waals surface area (Å²) < 4.78 is 5.11. The molecule has 26 heavy (non-hydrogen) atoms. The fourth-order valence-corrected chi connectivity index (χ4v) is 2.77. The van der Waals surface area contributed by atoms with E-state index in [1.165, 1.54) is 12.1 Å². The number of rotatable bonds is 6. The molecule has 0 aliphatic carbocycles. The average Bonchev–Trinajstić information content (AvgIpc) is 2.79. The molecule has 0 atom stereocenters. The zero-order valence-electron chi connectivity index (χ0n) is 15.3. The molecule has 1 aliphatic rings. The zero-order chi connectivity index (χ0) is 19.4. The van der Waals surface area contributed by atoms with E-state index in [2.05, 4.69) is 0 Å². The fourth-order valence-electron chi connectivity index (χ4n) is 2.77. The largest absolute Gasteiger partial charge is 0.462 e. The van der Waals surface area contributed by atoms with Crippen LogP contribution in [0.3, 0.4) is 0 Å². The van der Waals surface area contributed by atoms with Gasteiger partial charge < -0.3 is 9.64 Å². The molecular weight excluding hydrogens is 336 g/mol. The zero-order valence-corrected chi connectivity index (χ0v) is 15.3. The summed E-state index contributed by atoms with van der Waals surface area (Å²) in [4.78, 5) is 37.1. The van der Waals surface area contributed by atoms with E-state index in [-0.39, 0.29) is 35.3 Å². The number of hydrogen-bond donors (Lipinski definition) is 0. The predicted molar refractivity (Wildman–Crippen MR) is 97.0 cm³/mol. The second-order valence-corrected chi connectivity index (χ2v) is 6.40. The lowest BCUT2D eigenvalue weighted by Crippen LogP contribution is -2.28. The molecule has 7 nitrogen and oxygen atoms in total. The first kappa shape index (κ1) is 19.4. The van der Waals surface area contributed by atoms with Crippen molar-refractivity contribution in [1.82, 2.24) is 4.90 Å². The van der Waals surface area contributed by atoms with Crippen LogP contribution in [0.1, 0.15) is 33.3 Å². The van der Waals surface area contributed by atoms with Gasteiger partial charge in [0.05, 0.1) is 22.7 Å². The Bertz CT molecular complexity index is 791. The van der Waals surface area contributed by atoms with Crippen molar-refractivity contribution in [2.24, 2.45) is 5.92 Å². The van der Waals surface area contributed by atoms with E-state index in [0.29, 0.717) is 17.8 Å². The summed E-state index contributed by atoms with van der Waals surface area (Å²) in [6.07, 6.45) is 1.57. The van der Waals surface area contributed by atoms with E-state index in [9.17, 15) is 19.7 Å². The third-order valence-corrected chi connectivity index (χ3v) is 3.95. The third kappa shape index (κ3) is 3.99. The van der Waals surface area contributed by atoms with Crippen LogP contribution >= 0.6 is 0 Å². The van der Waals surface area contributed by atoms with Crippen molar-refractivity contribution in [2.45, 2.75) is 27.7 Å². The molecule has 2 rings (SSSR count). The molecule has 138 valence electrons. The summed E-state index contributed by atoms with van der Waals surface area (Å²) in [6, 6.07) is 5.81. The lowest BCUT2D eigenvalue weighted by Gasteiger charge is -2.19. The quantitative estimate of drug-likeness (QED) is 0.337. The fraction of sp³-hybridized carbons (Fsp3) is 0.368. The normalized spacial score (nSPS) is 16.0. The molecule has 7 heteroatoms. The maximum absolute atomic E-state index is 12.9. The molecule has 0 radical (unpaired) electrons. The first-order valence-corrected chi connectivity index (χ1v) is 8.42. The molecule has 0 aromatic heterocycles. The number of carbonyl (C=O) groups excluding carboxylic acids is 2. The topological polar surface area (TPSA) is 89.8 Å². The standard InChI is InChI=1S/C19H22N2O5/c1-5-26-19(23)17-13(4)20(11-12(2)3)18(22)16(17)10-14-6-8-15(9-7-14)21(24)25/h6-10,12H,5,11H2,1-4H3/b16-10-. The Labute approximate surface area is 152 Å². The SMILES string of the molecule is CCOC(=O)C1=C(C)N(CC(C)C)C(=O)/C1=C\c1ccc([N+](=O)[O-])cc1. The number of ether oxygens (including phenoxy) is 1. The second-order valence-electron chi connectivity index (χ2n) is 6.40. The van der Waals surface area contributed by atoms with E-state index < -0.39 is 10.9 Å². The van der Waals surface area contributed by atoms with Crippen LogP contribution in [0.25, 0.3) is 6.08 Å². The van der Waals surface area contributed by atoms with Crippen LogP contribution in [0.5, 0.6) is 0 Å². The van der Waals surface area contributed by atoms with Gasteiger partial charge in [-0.3, -0.25) is 14.9 Å². The first-order valence-electron chi connectivity index (χ1n) is 8.42. The number of benzene rings is 1. The van der Waals surface area contributed by atoms with Crippen LogP contribution in [-0.2, 0) is 14.3 Å². The number of hydrogen-bond acceptors (Lipinski definition) is 5. The molecule has 0 N–H and O–H groups in total. The lowest BCUT2D eigenvalue weighted by atomic mass is 10.0. The minimum atomic E-state index is -0.544. The number of nitrogens with zero attached hydrogens (tertiary/aromatic N) is 2. The van der Waals surface area contributed by atoms with Gasteiger partial charge in [-0.15, -0.1) is 0 Å². The van der Waals surface area contributed by atoms with Crippen LogP contribution in [0.4, 0.5) is 5.69 Å². The molecule has 0 saturated heterocycles. The molecule has 0 bridgehead atoms. The number of nitro groups is 1. The van der Waals surface area contributed by atoms with Crippen molar-refractivity contribution in [2.75, 3.05) is 13.2 Å². The van der Waals surface area contributed by atoms with E-state index in [0.717, 1.165) is 0 Å². The molecular formula is C19H22N2O5. The molecule has 1 heterocycles. The van der Waals surface area contributed by atoms with Crippen molar-refractivity contribution < 1.29 is 19.2 Å². The minimum Gasteiger partial charge on any atom is -0.462 e. The number of non-ortho nitro benzene ring substituents is 1. The van der Waals surface area contributed by atoms with Gasteiger partial charge >= 0.3 is 5.97 Å². The van der Waals surface area contributed by atoms with Crippen molar-refractivity contribution in [3.63, 3.8) is 0 Å². The maximum Gasteiger partial charge on any atom is 0.340 e. The van der Waals surface area contributed by atoms with Gasteiger partial charge in [0.2, 0.25) is 0 Å². The Morgan fingerprint density at radius 3 is 2.42 bits per heavy atom. The summed E-state index contributed by atoms with van der Waals surface area (Å²) in [5.41, 5.74) is 1.62. The van der Waals surface area contributed by atoms with Crippen LogP contribution in [0.2, 0.25) is 0 Å². The van der Waals surface area contributed by atoms with Crippen LogP contribution in [0.15, 0.2) is 41.1 Å². The second kappa shape index (κ2) is 7.95. The first-order chi connectivity index (χ1) is 12.3. The van der Waals surface area contributed by atoms with Gasteiger partial charge in [0.1, 0.15) is 0 Å². The molecule has 0 saturated carbocycles. The van der Waals surface area contributed by atoms with Crippen LogP contribution in [0, 0.1) is 16.0 Å². The molecule has 1 aliphatic heterocycles. The van der Waals surface area contributed by atoms with Gasteiger partial charge in [-0.25, -0.2) is 4.79 Å². The van der Waals surface area contributed by atoms with Gasteiger partial charge in [-0.2, -0.15) is 0 Å². The third-order valence-electron chi connectivity index (χ3n) is 3.95. The van der Waals surface area contributed by atoms with Gasteiger partial charge in [-0.05, 0) is 43.5 Å². The van der Waals surface area contributed by atoms with Crippen LogP contribution in [-0.4, -0.2) is 34.9 Å². The number of esters is 1. The summed E-state index contributed by atoms with van der Waals surface area (Å²) in [5.74, 6) is -0.577. The highest BCUT2D eigenvalue weighted by Gasteiger charge is 2.37. The lowest BCUT2D eigenvalue weighted by molar-refractivity contribution is -0.384. The van der Waals surface area contributed by atoms with Crippen molar-refractivity contribution in [3.05, 3.63) is 56.8 Å². The molecule has 0 spiro atoms. The Morgan fingerprint density at radius 1 is 1.31 bits per heavy atom. The molecule has 0 fully saturated rings. The summed E-state index contributed by atoms with van der Waals surface area (Å²) >= 11 is 0. The summed E-state index contributed by atoms with van der Waals surface area (Å²) in [6.45, 7) is 8.11. The number of nitro benzene ring substituents is 1. The highest BCUT2D eigenvalue weighted by Crippen LogP contribution is 2.32. The summed E-state index contributed by atoms with van der Waals surface area (Å²) in [7, 11) is 0. The van der Waals surface area contributed by atoms with Crippen molar-refractivity contribution >= 4 is 23.6 Å². The van der Waals surface area contributed by atoms with Gasteiger partial charge in [-0.1, -0.05) is 13.8 Å². The average molecular weight is 358 g/mol. The van der Waals surface area contributed by atoms with Gasteiger partial charge in [0.25, 0.3) is 11.6 Å². The monoisotopic (exact) mass is 358 g/mol. The Hall–Kier alpha value is -2.96. The maximum atomic E-state index is 12.9. The Morgan fingerprint density at radius 2 is 1.92 bits per heavy atom. The Balaban J connectivity index is 2.47. The highest BCUT2D eigenvalue weighted by molar-refractivity contribution is 6.16. The number of amides is 1. The predicted octanol–water partition coefficient (Wildman–Crippen LogP) is 3.31. The Kier molecular flexibility index (Phi) is 5.92. The highest BCUT2D eigenvalue weighted by atomic mass is 16.6. The number of allylic oxidation sites excluding steroid dienone is 1. The van der Waals surface area contributed by atoms with Gasteiger partial charge in [0, 0.05) is 24.4 Å². The number of carbonyl (C=O) groups is 2. The van der Waals surface area contributed by atoms with Gasteiger partial charge in [0.15, 0.2) is 0 Å². The van der Waals surface area contributed by atoms with Crippen molar-refractivity contribution in [1.29, 1.82) is 0 Å². The minimum absolute atomic E-state index is 0.0383. The van der Waals surface area contributed by atoms with Crippen molar-refractivity contribution in [3.8, 4) is 0 Å². The van der Waals surface area contributed by atoms with Crippen LogP contribution < -0.4 is 0 Å². The molecule has 1 aromatic rings. The molecule has 1 aromatic carbocycles. The molecule has 1 amide bonds.